The molecule has 0 aromatic carbocycles. The summed E-state index contributed by atoms with van der Waals surface area (Å²) in [5, 5.41) is 12.8. The van der Waals surface area contributed by atoms with Gasteiger partial charge in [-0.3, -0.25) is 10.3 Å². The van der Waals surface area contributed by atoms with Gasteiger partial charge in [0, 0.05) is 31.6 Å². The van der Waals surface area contributed by atoms with Crippen LogP contribution in [0.3, 0.4) is 0 Å². The van der Waals surface area contributed by atoms with E-state index in [0.717, 1.165) is 11.1 Å². The van der Waals surface area contributed by atoms with Gasteiger partial charge in [-0.15, -0.1) is 0 Å². The first kappa shape index (κ1) is 13.1. The Hall–Kier alpha value is -0.970. The Morgan fingerprint density at radius 3 is 2.69 bits per heavy atom. The van der Waals surface area contributed by atoms with Crippen molar-refractivity contribution in [3.63, 3.8) is 0 Å². The molecular weight excluding hydrogens is 204 g/mol. The summed E-state index contributed by atoms with van der Waals surface area (Å²) in [7, 11) is 1.63. The SMILES string of the molecule is COCCNC(O)c1cncc(C(C)C)c1. The third kappa shape index (κ3) is 3.89. The number of aliphatic hydroxyl groups is 1. The smallest absolute Gasteiger partial charge is 0.132 e. The van der Waals surface area contributed by atoms with Gasteiger partial charge in [-0.25, -0.2) is 0 Å². The van der Waals surface area contributed by atoms with Crippen molar-refractivity contribution in [3.05, 3.63) is 29.6 Å². The van der Waals surface area contributed by atoms with E-state index in [0.29, 0.717) is 19.1 Å². The Labute approximate surface area is 96.7 Å². The zero-order chi connectivity index (χ0) is 12.0. The van der Waals surface area contributed by atoms with Crippen molar-refractivity contribution in [2.24, 2.45) is 0 Å². The molecule has 0 amide bonds. The monoisotopic (exact) mass is 224 g/mol. The van der Waals surface area contributed by atoms with Gasteiger partial charge in [0.1, 0.15) is 6.23 Å². The van der Waals surface area contributed by atoms with E-state index in [9.17, 15) is 5.11 Å². The molecular formula is C12H20N2O2. The zero-order valence-electron chi connectivity index (χ0n) is 10.1. The van der Waals surface area contributed by atoms with Gasteiger partial charge >= 0.3 is 0 Å². The molecule has 2 N–H and O–H groups in total. The minimum absolute atomic E-state index is 0.415. The number of aromatic nitrogens is 1. The Balaban J connectivity index is 2.60. The molecule has 4 heteroatoms. The van der Waals surface area contributed by atoms with Crippen LogP contribution < -0.4 is 5.32 Å². The molecule has 0 bridgehead atoms. The van der Waals surface area contributed by atoms with Crippen LogP contribution in [0, 0.1) is 0 Å². The number of nitrogens with one attached hydrogen (secondary N) is 1. The van der Waals surface area contributed by atoms with E-state index in [-0.39, 0.29) is 0 Å². The zero-order valence-corrected chi connectivity index (χ0v) is 10.1. The lowest BCUT2D eigenvalue weighted by Gasteiger charge is -2.14. The maximum absolute atomic E-state index is 9.85. The number of nitrogens with zero attached hydrogens (tertiary/aromatic N) is 1. The van der Waals surface area contributed by atoms with Crippen LogP contribution in [-0.2, 0) is 4.74 Å². The Morgan fingerprint density at radius 2 is 2.06 bits per heavy atom. The molecule has 0 aliphatic carbocycles. The minimum Gasteiger partial charge on any atom is -0.383 e. The number of hydrogen-bond donors (Lipinski definition) is 2. The van der Waals surface area contributed by atoms with Gasteiger partial charge in [0.2, 0.25) is 0 Å². The largest absolute Gasteiger partial charge is 0.383 e. The summed E-state index contributed by atoms with van der Waals surface area (Å²) in [6, 6.07) is 1.97. The molecule has 1 aromatic heterocycles. The second kappa shape index (κ2) is 6.58. The highest BCUT2D eigenvalue weighted by molar-refractivity contribution is 5.22. The first-order chi connectivity index (χ1) is 7.65. The third-order valence-electron chi connectivity index (χ3n) is 2.41. The first-order valence-electron chi connectivity index (χ1n) is 5.50. The lowest BCUT2D eigenvalue weighted by molar-refractivity contribution is 0.119. The molecule has 0 aliphatic rings. The quantitative estimate of drug-likeness (QED) is 0.567. The summed E-state index contributed by atoms with van der Waals surface area (Å²) < 4.78 is 4.90. The highest BCUT2D eigenvalue weighted by atomic mass is 16.5. The fourth-order valence-corrected chi connectivity index (χ4v) is 1.36. The van der Waals surface area contributed by atoms with Gasteiger partial charge in [-0.2, -0.15) is 0 Å². The molecule has 90 valence electrons. The molecule has 0 radical (unpaired) electrons. The second-order valence-electron chi connectivity index (χ2n) is 4.06. The Kier molecular flexibility index (Phi) is 5.38. The fourth-order valence-electron chi connectivity index (χ4n) is 1.36. The number of hydrogen-bond acceptors (Lipinski definition) is 4. The minimum atomic E-state index is -0.679. The summed E-state index contributed by atoms with van der Waals surface area (Å²) in [5.41, 5.74) is 1.92. The van der Waals surface area contributed by atoms with Crippen LogP contribution in [0.4, 0.5) is 0 Å². The molecule has 0 saturated carbocycles. The van der Waals surface area contributed by atoms with Crippen LogP contribution in [0.1, 0.15) is 37.1 Å². The molecule has 1 rings (SSSR count). The number of methoxy groups -OCH3 is 1. The van der Waals surface area contributed by atoms with E-state index >= 15 is 0 Å². The summed E-state index contributed by atoms with van der Waals surface area (Å²) >= 11 is 0. The molecule has 0 aliphatic heterocycles. The molecule has 1 unspecified atom stereocenters. The van der Waals surface area contributed by atoms with Gasteiger partial charge in [-0.1, -0.05) is 13.8 Å². The van der Waals surface area contributed by atoms with Crippen LogP contribution in [0.5, 0.6) is 0 Å². The van der Waals surface area contributed by atoms with Gasteiger partial charge in [0.15, 0.2) is 0 Å². The van der Waals surface area contributed by atoms with Crippen molar-refractivity contribution in [1.29, 1.82) is 0 Å². The maximum Gasteiger partial charge on any atom is 0.132 e. The van der Waals surface area contributed by atoms with Gasteiger partial charge in [0.25, 0.3) is 0 Å². The van der Waals surface area contributed by atoms with Crippen molar-refractivity contribution in [3.8, 4) is 0 Å². The van der Waals surface area contributed by atoms with Gasteiger partial charge in [0.05, 0.1) is 6.61 Å². The van der Waals surface area contributed by atoms with E-state index in [1.807, 2.05) is 12.3 Å². The summed E-state index contributed by atoms with van der Waals surface area (Å²) in [5.74, 6) is 0.415. The number of aliphatic hydroxyl groups excluding tert-OH is 1. The summed E-state index contributed by atoms with van der Waals surface area (Å²) in [4.78, 5) is 4.12. The molecule has 1 atom stereocenters. The third-order valence-corrected chi connectivity index (χ3v) is 2.41. The number of rotatable bonds is 6. The first-order valence-corrected chi connectivity index (χ1v) is 5.50. The standard InChI is InChI=1S/C12H20N2O2/c1-9(2)10-6-11(8-13-7-10)12(15)14-4-5-16-3/h6-9,12,14-15H,4-5H2,1-3H3. The van der Waals surface area contributed by atoms with Crippen molar-refractivity contribution in [2.45, 2.75) is 26.0 Å². The van der Waals surface area contributed by atoms with Crippen LogP contribution in [-0.4, -0.2) is 30.4 Å². The van der Waals surface area contributed by atoms with Crippen molar-refractivity contribution in [1.82, 2.24) is 10.3 Å². The predicted molar refractivity (Wildman–Crippen MR) is 63.2 cm³/mol. The van der Waals surface area contributed by atoms with E-state index in [1.54, 1.807) is 13.3 Å². The normalized spacial score (nSPS) is 13.1. The van der Waals surface area contributed by atoms with Crippen molar-refractivity contribution < 1.29 is 9.84 Å². The van der Waals surface area contributed by atoms with Gasteiger partial charge in [-0.05, 0) is 17.5 Å². The summed E-state index contributed by atoms with van der Waals surface area (Å²) in [6.45, 7) is 5.40. The van der Waals surface area contributed by atoms with E-state index in [4.69, 9.17) is 4.74 Å². The highest BCUT2D eigenvalue weighted by Gasteiger charge is 2.08. The topological polar surface area (TPSA) is 54.4 Å². The average molecular weight is 224 g/mol. The second-order valence-corrected chi connectivity index (χ2v) is 4.06. The van der Waals surface area contributed by atoms with Crippen LogP contribution >= 0.6 is 0 Å². The molecule has 1 heterocycles. The molecule has 1 aromatic rings. The lowest BCUT2D eigenvalue weighted by atomic mass is 10.0. The average Bonchev–Trinajstić information content (AvgIpc) is 2.29. The lowest BCUT2D eigenvalue weighted by Crippen LogP contribution is -2.24. The molecule has 0 spiro atoms. The van der Waals surface area contributed by atoms with E-state index in [1.165, 1.54) is 0 Å². The maximum atomic E-state index is 9.85. The van der Waals surface area contributed by atoms with Crippen molar-refractivity contribution >= 4 is 0 Å². The number of pyridine rings is 1. The molecule has 0 fully saturated rings. The van der Waals surface area contributed by atoms with E-state index < -0.39 is 6.23 Å². The highest BCUT2D eigenvalue weighted by Crippen LogP contribution is 2.17. The van der Waals surface area contributed by atoms with Crippen LogP contribution in [0.15, 0.2) is 18.5 Å². The van der Waals surface area contributed by atoms with Gasteiger partial charge < -0.3 is 9.84 Å². The summed E-state index contributed by atoms with van der Waals surface area (Å²) in [6.07, 6.45) is 2.83. The number of ether oxygens (including phenoxy) is 1. The van der Waals surface area contributed by atoms with Crippen LogP contribution in [0.2, 0.25) is 0 Å². The Bertz CT molecular complexity index is 316. The Morgan fingerprint density at radius 1 is 1.38 bits per heavy atom. The predicted octanol–water partition coefficient (Wildman–Crippen LogP) is 1.43. The van der Waals surface area contributed by atoms with E-state index in [2.05, 4.69) is 24.1 Å². The molecule has 16 heavy (non-hydrogen) atoms. The molecule has 4 nitrogen and oxygen atoms in total. The van der Waals surface area contributed by atoms with Crippen molar-refractivity contribution in [2.75, 3.05) is 20.3 Å². The molecule has 0 saturated heterocycles. The fraction of sp³-hybridized carbons (Fsp3) is 0.583. The van der Waals surface area contributed by atoms with Crippen LogP contribution in [0.25, 0.3) is 0 Å².